The molecule has 5 heteroatoms. The highest BCUT2D eigenvalue weighted by Gasteiger charge is 2.43. The standard InChI is InChI=1S/C31H58O5/c1-12-13-25-16-24(17-27(21(25)3)36-31(9,10)11)18-33-29-23(5)26(15-14-20(2)32)22(4)28(35-29)19-34-30(6,7)8/h21-29H,12-19H2,1-11H3. The number of ether oxygens (including phenoxy) is 4. The summed E-state index contributed by atoms with van der Waals surface area (Å²) in [6, 6.07) is 0. The van der Waals surface area contributed by atoms with Gasteiger partial charge in [0, 0.05) is 12.3 Å². The molecule has 0 amide bonds. The second-order valence-corrected chi connectivity index (χ2v) is 13.9. The van der Waals surface area contributed by atoms with Crippen LogP contribution in [0, 0.1) is 35.5 Å². The Labute approximate surface area is 222 Å². The number of ketones is 1. The average molecular weight is 511 g/mol. The second-order valence-electron chi connectivity index (χ2n) is 13.9. The maximum Gasteiger partial charge on any atom is 0.160 e. The minimum atomic E-state index is -0.266. The molecule has 36 heavy (non-hydrogen) atoms. The van der Waals surface area contributed by atoms with Gasteiger partial charge in [0.05, 0.1) is 36.6 Å². The Hall–Kier alpha value is -0.490. The van der Waals surface area contributed by atoms with Gasteiger partial charge in [0.2, 0.25) is 0 Å². The van der Waals surface area contributed by atoms with Crippen LogP contribution in [-0.4, -0.2) is 48.7 Å². The van der Waals surface area contributed by atoms with Gasteiger partial charge in [-0.3, -0.25) is 0 Å². The van der Waals surface area contributed by atoms with Gasteiger partial charge in [0.25, 0.3) is 0 Å². The van der Waals surface area contributed by atoms with E-state index in [1.807, 2.05) is 0 Å². The van der Waals surface area contributed by atoms with Crippen LogP contribution in [0.1, 0.15) is 115 Å². The Morgan fingerprint density at radius 3 is 2.11 bits per heavy atom. The molecule has 1 heterocycles. The summed E-state index contributed by atoms with van der Waals surface area (Å²) in [4.78, 5) is 11.8. The molecule has 1 aliphatic heterocycles. The van der Waals surface area contributed by atoms with E-state index in [-0.39, 0.29) is 41.4 Å². The Morgan fingerprint density at radius 1 is 0.889 bits per heavy atom. The highest BCUT2D eigenvalue weighted by molar-refractivity contribution is 5.75. The fraction of sp³-hybridized carbons (Fsp3) is 0.968. The smallest absolute Gasteiger partial charge is 0.160 e. The summed E-state index contributed by atoms with van der Waals surface area (Å²) in [5.41, 5.74) is -0.355. The van der Waals surface area contributed by atoms with E-state index >= 15 is 0 Å². The van der Waals surface area contributed by atoms with E-state index in [0.717, 1.165) is 12.8 Å². The third-order valence-electron chi connectivity index (χ3n) is 8.38. The van der Waals surface area contributed by atoms with Gasteiger partial charge in [-0.1, -0.05) is 40.5 Å². The molecule has 212 valence electrons. The molecule has 9 unspecified atom stereocenters. The lowest BCUT2D eigenvalue weighted by Crippen LogP contribution is -2.50. The average Bonchev–Trinajstić information content (AvgIpc) is 2.73. The number of Topliss-reactive ketones (excluding diaryl/α,β-unsaturated/α-hetero) is 1. The van der Waals surface area contributed by atoms with Crippen molar-refractivity contribution in [3.05, 3.63) is 0 Å². The molecule has 9 atom stereocenters. The predicted octanol–water partition coefficient (Wildman–Crippen LogP) is 7.45. The van der Waals surface area contributed by atoms with Crippen LogP contribution in [0.25, 0.3) is 0 Å². The van der Waals surface area contributed by atoms with Gasteiger partial charge in [0.1, 0.15) is 5.78 Å². The van der Waals surface area contributed by atoms with Crippen LogP contribution in [-0.2, 0) is 23.7 Å². The van der Waals surface area contributed by atoms with E-state index in [1.165, 1.54) is 19.3 Å². The normalized spacial score (nSPS) is 36.1. The van der Waals surface area contributed by atoms with E-state index in [9.17, 15) is 4.79 Å². The molecular formula is C31H58O5. The Morgan fingerprint density at radius 2 is 1.56 bits per heavy atom. The summed E-state index contributed by atoms with van der Waals surface area (Å²) in [6.07, 6.45) is 6.16. The van der Waals surface area contributed by atoms with Gasteiger partial charge >= 0.3 is 0 Å². The van der Waals surface area contributed by atoms with Crippen molar-refractivity contribution >= 4 is 5.78 Å². The van der Waals surface area contributed by atoms with Crippen LogP contribution in [0.3, 0.4) is 0 Å². The van der Waals surface area contributed by atoms with Crippen molar-refractivity contribution in [3.8, 4) is 0 Å². The summed E-state index contributed by atoms with van der Waals surface area (Å²) in [7, 11) is 0. The molecule has 0 radical (unpaired) electrons. The molecule has 0 bridgehead atoms. The van der Waals surface area contributed by atoms with E-state index in [4.69, 9.17) is 18.9 Å². The van der Waals surface area contributed by atoms with Gasteiger partial charge in [0.15, 0.2) is 6.29 Å². The monoisotopic (exact) mass is 510 g/mol. The van der Waals surface area contributed by atoms with Crippen LogP contribution in [0.15, 0.2) is 0 Å². The lowest BCUT2D eigenvalue weighted by molar-refractivity contribution is -0.269. The minimum absolute atomic E-state index is 0.0291. The van der Waals surface area contributed by atoms with Crippen molar-refractivity contribution in [2.45, 2.75) is 144 Å². The second kappa shape index (κ2) is 13.5. The van der Waals surface area contributed by atoms with Gasteiger partial charge in [-0.25, -0.2) is 0 Å². The van der Waals surface area contributed by atoms with Crippen molar-refractivity contribution in [1.29, 1.82) is 0 Å². The van der Waals surface area contributed by atoms with Crippen molar-refractivity contribution in [3.63, 3.8) is 0 Å². The van der Waals surface area contributed by atoms with Crippen LogP contribution < -0.4 is 0 Å². The third-order valence-corrected chi connectivity index (χ3v) is 8.38. The first kappa shape index (κ1) is 31.7. The maximum absolute atomic E-state index is 11.8. The summed E-state index contributed by atoms with van der Waals surface area (Å²) in [6.45, 7) is 24.8. The summed E-state index contributed by atoms with van der Waals surface area (Å²) < 4.78 is 25.9. The molecule has 0 N–H and O–H groups in total. The van der Waals surface area contributed by atoms with Gasteiger partial charge in [-0.05, 0) is 97.3 Å². The molecule has 2 rings (SSSR count). The number of hydrogen-bond acceptors (Lipinski definition) is 5. The predicted molar refractivity (Wildman–Crippen MR) is 147 cm³/mol. The zero-order valence-corrected chi connectivity index (χ0v) is 25.4. The Balaban J connectivity index is 2.11. The van der Waals surface area contributed by atoms with Crippen molar-refractivity contribution < 1.29 is 23.7 Å². The van der Waals surface area contributed by atoms with Crippen molar-refractivity contribution in [1.82, 2.24) is 0 Å². The first-order valence-corrected chi connectivity index (χ1v) is 14.7. The van der Waals surface area contributed by atoms with E-state index in [2.05, 4.69) is 69.2 Å². The van der Waals surface area contributed by atoms with E-state index in [0.29, 0.717) is 49.2 Å². The minimum Gasteiger partial charge on any atom is -0.373 e. The van der Waals surface area contributed by atoms with Crippen LogP contribution in [0.2, 0.25) is 0 Å². The highest BCUT2D eigenvalue weighted by Crippen LogP contribution is 2.42. The van der Waals surface area contributed by atoms with Gasteiger partial charge in [-0.2, -0.15) is 0 Å². The summed E-state index contributed by atoms with van der Waals surface area (Å²) >= 11 is 0. The lowest BCUT2D eigenvalue weighted by atomic mass is 9.71. The van der Waals surface area contributed by atoms with Gasteiger partial charge in [-0.15, -0.1) is 0 Å². The summed E-state index contributed by atoms with van der Waals surface area (Å²) in [5, 5.41) is 0. The first-order chi connectivity index (χ1) is 16.6. The molecule has 5 nitrogen and oxygen atoms in total. The zero-order valence-electron chi connectivity index (χ0n) is 25.4. The Bertz CT molecular complexity index is 663. The highest BCUT2D eigenvalue weighted by atomic mass is 16.7. The molecule has 0 aromatic heterocycles. The number of hydrogen-bond donors (Lipinski definition) is 0. The van der Waals surface area contributed by atoms with Crippen LogP contribution >= 0.6 is 0 Å². The lowest BCUT2D eigenvalue weighted by Gasteiger charge is -2.46. The summed E-state index contributed by atoms with van der Waals surface area (Å²) in [5.74, 6) is 2.89. The van der Waals surface area contributed by atoms with E-state index in [1.54, 1.807) is 6.92 Å². The van der Waals surface area contributed by atoms with Crippen LogP contribution in [0.4, 0.5) is 0 Å². The maximum atomic E-state index is 11.8. The number of carbonyl (C=O) groups excluding carboxylic acids is 1. The van der Waals surface area contributed by atoms with Crippen LogP contribution in [0.5, 0.6) is 0 Å². The molecule has 1 aliphatic carbocycles. The topological polar surface area (TPSA) is 54.0 Å². The molecule has 0 spiro atoms. The molecule has 1 saturated carbocycles. The molecule has 0 aromatic rings. The van der Waals surface area contributed by atoms with Crippen molar-refractivity contribution in [2.75, 3.05) is 13.2 Å². The number of carbonyl (C=O) groups is 1. The molecule has 2 fully saturated rings. The quantitative estimate of drug-likeness (QED) is 0.289. The molecule has 0 aromatic carbocycles. The first-order valence-electron chi connectivity index (χ1n) is 14.7. The third kappa shape index (κ3) is 10.0. The fourth-order valence-corrected chi connectivity index (χ4v) is 6.30. The Kier molecular flexibility index (Phi) is 11.9. The molecular weight excluding hydrogens is 452 g/mol. The zero-order chi connectivity index (χ0) is 27.3. The largest absolute Gasteiger partial charge is 0.373 e. The van der Waals surface area contributed by atoms with E-state index < -0.39 is 0 Å². The fourth-order valence-electron chi connectivity index (χ4n) is 6.30. The molecule has 1 saturated heterocycles. The number of rotatable bonds is 11. The van der Waals surface area contributed by atoms with Crippen molar-refractivity contribution in [2.24, 2.45) is 35.5 Å². The van der Waals surface area contributed by atoms with Gasteiger partial charge < -0.3 is 23.7 Å². The SMILES string of the molecule is CCCC1CC(COC2OC(COC(C)(C)C)C(C)C(CCC(C)=O)C2C)CC(OC(C)(C)C)C1C. The molecule has 2 aliphatic rings.